The second kappa shape index (κ2) is 3.37. The van der Waals surface area contributed by atoms with Gasteiger partial charge in [0, 0.05) is 18.5 Å². The van der Waals surface area contributed by atoms with Crippen LogP contribution in [0.2, 0.25) is 0 Å². The summed E-state index contributed by atoms with van der Waals surface area (Å²) in [5.41, 5.74) is 0.958. The van der Waals surface area contributed by atoms with E-state index in [9.17, 15) is 4.79 Å². The van der Waals surface area contributed by atoms with Crippen molar-refractivity contribution in [3.63, 3.8) is 0 Å². The molecule has 2 rings (SSSR count). The van der Waals surface area contributed by atoms with Crippen LogP contribution in [0.5, 0.6) is 0 Å². The number of nitrogens with zero attached hydrogens (tertiary/aromatic N) is 3. The van der Waals surface area contributed by atoms with Crippen molar-refractivity contribution in [2.75, 3.05) is 0 Å². The van der Waals surface area contributed by atoms with Crippen LogP contribution in [0.1, 0.15) is 5.82 Å². The topological polar surface area (TPSA) is 71.5 Å². The average molecular weight is 188 g/mol. The van der Waals surface area contributed by atoms with Gasteiger partial charge in [0.25, 0.3) is 5.56 Å². The van der Waals surface area contributed by atoms with Crippen molar-refractivity contribution in [2.24, 2.45) is 0 Å². The fourth-order valence-electron chi connectivity index (χ4n) is 1.14. The molecular formula is C9H8N4O. The summed E-state index contributed by atoms with van der Waals surface area (Å²) in [5, 5.41) is 0. The van der Waals surface area contributed by atoms with Crippen LogP contribution in [0.3, 0.4) is 0 Å². The summed E-state index contributed by atoms with van der Waals surface area (Å²) in [5.74, 6) is 0.568. The first-order chi connectivity index (χ1) is 6.75. The summed E-state index contributed by atoms with van der Waals surface area (Å²) >= 11 is 0. The summed E-state index contributed by atoms with van der Waals surface area (Å²) in [4.78, 5) is 25.8. The van der Waals surface area contributed by atoms with Crippen molar-refractivity contribution < 1.29 is 0 Å². The molecule has 0 aliphatic heterocycles. The summed E-state index contributed by atoms with van der Waals surface area (Å²) in [7, 11) is 0. The molecule has 0 saturated heterocycles. The Kier molecular flexibility index (Phi) is 2.06. The predicted molar refractivity (Wildman–Crippen MR) is 50.6 cm³/mol. The summed E-state index contributed by atoms with van der Waals surface area (Å²) in [6, 6.07) is 1.40. The zero-order chi connectivity index (χ0) is 9.97. The number of nitrogens with one attached hydrogen (secondary N) is 1. The van der Waals surface area contributed by atoms with E-state index in [2.05, 4.69) is 19.9 Å². The monoisotopic (exact) mass is 188 g/mol. The smallest absolute Gasteiger partial charge is 0.251 e. The Hall–Kier alpha value is -2.04. The van der Waals surface area contributed by atoms with Gasteiger partial charge in [-0.15, -0.1) is 0 Å². The molecule has 0 fully saturated rings. The average Bonchev–Trinajstić information content (AvgIpc) is 2.18. The first-order valence-corrected chi connectivity index (χ1v) is 4.10. The molecule has 0 atom stereocenters. The molecule has 0 saturated carbocycles. The molecule has 5 nitrogen and oxygen atoms in total. The van der Waals surface area contributed by atoms with Gasteiger partial charge in [-0.3, -0.25) is 14.8 Å². The first-order valence-electron chi connectivity index (χ1n) is 4.10. The molecule has 2 aromatic rings. The lowest BCUT2D eigenvalue weighted by Crippen LogP contribution is -2.08. The van der Waals surface area contributed by atoms with Crippen molar-refractivity contribution in [1.82, 2.24) is 19.9 Å². The van der Waals surface area contributed by atoms with E-state index in [4.69, 9.17) is 0 Å². The van der Waals surface area contributed by atoms with Crippen LogP contribution in [-0.4, -0.2) is 19.9 Å². The second-order valence-electron chi connectivity index (χ2n) is 2.81. The maximum absolute atomic E-state index is 11.1. The Morgan fingerprint density at radius 3 is 2.79 bits per heavy atom. The maximum atomic E-state index is 11.1. The molecule has 5 heteroatoms. The van der Waals surface area contributed by atoms with Gasteiger partial charge in [-0.1, -0.05) is 0 Å². The lowest BCUT2D eigenvalue weighted by Gasteiger charge is -1.98. The van der Waals surface area contributed by atoms with Gasteiger partial charge >= 0.3 is 0 Å². The van der Waals surface area contributed by atoms with E-state index in [1.165, 1.54) is 6.07 Å². The molecule has 2 heterocycles. The van der Waals surface area contributed by atoms with Crippen molar-refractivity contribution in [2.45, 2.75) is 6.92 Å². The fraction of sp³-hybridized carbons (Fsp3) is 0.111. The standard InChI is InChI=1S/C9H8N4O/c1-6-12-7(4-9(14)13-6)8-5-10-2-3-11-8/h2-5H,1H3,(H,12,13,14). The molecule has 14 heavy (non-hydrogen) atoms. The van der Waals surface area contributed by atoms with E-state index in [1.54, 1.807) is 25.5 Å². The lowest BCUT2D eigenvalue weighted by atomic mass is 10.3. The minimum Gasteiger partial charge on any atom is -0.311 e. The number of aryl methyl sites for hydroxylation is 1. The molecule has 0 aromatic carbocycles. The molecule has 0 spiro atoms. The van der Waals surface area contributed by atoms with Gasteiger partial charge in [-0.05, 0) is 6.92 Å². The van der Waals surface area contributed by atoms with E-state index < -0.39 is 0 Å². The SMILES string of the molecule is Cc1nc(-c2cnccn2)cc(=O)[nH]1. The van der Waals surface area contributed by atoms with Gasteiger partial charge in [-0.2, -0.15) is 0 Å². The molecule has 0 amide bonds. The zero-order valence-corrected chi connectivity index (χ0v) is 7.56. The molecule has 0 aliphatic rings. The number of hydrogen-bond donors (Lipinski definition) is 1. The van der Waals surface area contributed by atoms with Crippen LogP contribution in [0.15, 0.2) is 29.5 Å². The van der Waals surface area contributed by atoms with Gasteiger partial charge in [0.05, 0.1) is 11.9 Å². The molecule has 0 unspecified atom stereocenters. The Labute approximate surface area is 79.9 Å². The summed E-state index contributed by atoms with van der Waals surface area (Å²) < 4.78 is 0. The van der Waals surface area contributed by atoms with Crippen molar-refractivity contribution in [3.05, 3.63) is 40.8 Å². The Bertz CT molecular complexity index is 492. The third-order valence-corrected chi connectivity index (χ3v) is 1.69. The lowest BCUT2D eigenvalue weighted by molar-refractivity contribution is 1.01. The third-order valence-electron chi connectivity index (χ3n) is 1.69. The number of aromatic nitrogens is 4. The van der Waals surface area contributed by atoms with Gasteiger partial charge in [0.1, 0.15) is 11.5 Å². The van der Waals surface area contributed by atoms with Gasteiger partial charge in [0.2, 0.25) is 0 Å². The number of hydrogen-bond acceptors (Lipinski definition) is 4. The normalized spacial score (nSPS) is 10.1. The Balaban J connectivity index is 2.58. The van der Waals surface area contributed by atoms with E-state index >= 15 is 0 Å². The third kappa shape index (κ3) is 1.66. The van der Waals surface area contributed by atoms with Crippen LogP contribution in [0, 0.1) is 6.92 Å². The number of H-pyrrole nitrogens is 1. The number of aromatic amines is 1. The van der Waals surface area contributed by atoms with Gasteiger partial charge < -0.3 is 4.98 Å². The van der Waals surface area contributed by atoms with Crippen molar-refractivity contribution in [3.8, 4) is 11.4 Å². The zero-order valence-electron chi connectivity index (χ0n) is 7.56. The molecule has 0 aliphatic carbocycles. The van der Waals surface area contributed by atoms with Crippen molar-refractivity contribution in [1.29, 1.82) is 0 Å². The largest absolute Gasteiger partial charge is 0.311 e. The van der Waals surface area contributed by atoms with E-state index in [1.807, 2.05) is 0 Å². The highest BCUT2D eigenvalue weighted by Gasteiger charge is 2.01. The maximum Gasteiger partial charge on any atom is 0.251 e. The quantitative estimate of drug-likeness (QED) is 0.708. The fourth-order valence-corrected chi connectivity index (χ4v) is 1.14. The number of rotatable bonds is 1. The minimum atomic E-state index is -0.182. The van der Waals surface area contributed by atoms with Crippen LogP contribution < -0.4 is 5.56 Å². The highest BCUT2D eigenvalue weighted by molar-refractivity contribution is 5.51. The van der Waals surface area contributed by atoms with Gasteiger partial charge in [-0.25, -0.2) is 4.98 Å². The second-order valence-corrected chi connectivity index (χ2v) is 2.81. The van der Waals surface area contributed by atoms with E-state index in [0.29, 0.717) is 17.2 Å². The Morgan fingerprint density at radius 1 is 1.29 bits per heavy atom. The van der Waals surface area contributed by atoms with Gasteiger partial charge in [0.15, 0.2) is 0 Å². The molecule has 2 aromatic heterocycles. The summed E-state index contributed by atoms with van der Waals surface area (Å²) in [6.07, 6.45) is 4.71. The molecule has 1 N–H and O–H groups in total. The Morgan fingerprint density at radius 2 is 2.14 bits per heavy atom. The molecular weight excluding hydrogens is 180 g/mol. The molecule has 0 bridgehead atoms. The molecule has 0 radical (unpaired) electrons. The predicted octanol–water partition coefficient (Wildman–Crippen LogP) is 0.535. The van der Waals surface area contributed by atoms with E-state index in [-0.39, 0.29) is 5.56 Å². The van der Waals surface area contributed by atoms with Crippen LogP contribution in [-0.2, 0) is 0 Å². The highest BCUT2D eigenvalue weighted by atomic mass is 16.1. The van der Waals surface area contributed by atoms with E-state index in [0.717, 1.165) is 0 Å². The first kappa shape index (κ1) is 8.55. The minimum absolute atomic E-state index is 0.182. The molecule has 70 valence electrons. The van der Waals surface area contributed by atoms with Crippen LogP contribution >= 0.6 is 0 Å². The summed E-state index contributed by atoms with van der Waals surface area (Å²) in [6.45, 7) is 1.72. The van der Waals surface area contributed by atoms with Crippen molar-refractivity contribution >= 4 is 0 Å². The van der Waals surface area contributed by atoms with Crippen LogP contribution in [0.4, 0.5) is 0 Å². The highest BCUT2D eigenvalue weighted by Crippen LogP contribution is 2.08. The van der Waals surface area contributed by atoms with Crippen LogP contribution in [0.25, 0.3) is 11.4 Å².